The normalized spacial score (nSPS) is 11.3. The number of aliphatic imine (C=N–C) groups is 2. The van der Waals surface area contributed by atoms with Crippen LogP contribution in [0.2, 0.25) is 5.02 Å². The van der Waals surface area contributed by atoms with Crippen LogP contribution < -0.4 is 17.2 Å². The second-order valence-electron chi connectivity index (χ2n) is 2.73. The molecule has 1 aromatic rings. The highest BCUT2D eigenvalue weighted by Crippen LogP contribution is 2.28. The van der Waals surface area contributed by atoms with Crippen molar-refractivity contribution in [1.82, 2.24) is 0 Å². The van der Waals surface area contributed by atoms with E-state index in [9.17, 15) is 8.78 Å². The summed E-state index contributed by atoms with van der Waals surface area (Å²) in [6.07, 6.45) is 0. The Hall–Kier alpha value is -1.89. The highest BCUT2D eigenvalue weighted by Gasteiger charge is 2.08. The molecule has 0 bridgehead atoms. The second-order valence-corrected chi connectivity index (χ2v) is 3.11. The number of guanidine groups is 2. The molecule has 16 heavy (non-hydrogen) atoms. The molecule has 0 radical (unpaired) electrons. The Morgan fingerprint density at radius 3 is 2.38 bits per heavy atom. The Balaban J connectivity index is 3.20. The third-order valence-corrected chi connectivity index (χ3v) is 1.83. The zero-order valence-corrected chi connectivity index (χ0v) is 8.67. The minimum Gasteiger partial charge on any atom is -0.370 e. The summed E-state index contributed by atoms with van der Waals surface area (Å²) in [5.74, 6) is -2.46. The van der Waals surface area contributed by atoms with Crippen LogP contribution in [-0.4, -0.2) is 11.9 Å². The van der Waals surface area contributed by atoms with Crippen molar-refractivity contribution in [3.8, 4) is 0 Å². The van der Waals surface area contributed by atoms with Gasteiger partial charge < -0.3 is 17.2 Å². The minimum atomic E-state index is -0.946. The summed E-state index contributed by atoms with van der Waals surface area (Å²) in [6.45, 7) is 0. The molecule has 1 rings (SSSR count). The molecule has 5 nitrogen and oxygen atoms in total. The van der Waals surface area contributed by atoms with Crippen LogP contribution in [0.3, 0.4) is 0 Å². The van der Waals surface area contributed by atoms with E-state index in [1.54, 1.807) is 0 Å². The van der Waals surface area contributed by atoms with Crippen LogP contribution in [0.15, 0.2) is 22.1 Å². The molecule has 0 saturated heterocycles. The third-order valence-electron chi connectivity index (χ3n) is 1.45. The summed E-state index contributed by atoms with van der Waals surface area (Å²) >= 11 is 5.53. The molecule has 0 aliphatic rings. The molecule has 0 aliphatic heterocycles. The quantitative estimate of drug-likeness (QED) is 0.389. The van der Waals surface area contributed by atoms with E-state index >= 15 is 0 Å². The van der Waals surface area contributed by atoms with Crippen molar-refractivity contribution in [1.29, 1.82) is 0 Å². The summed E-state index contributed by atoms with van der Waals surface area (Å²) in [5, 5.41) is -0.366. The van der Waals surface area contributed by atoms with Crippen molar-refractivity contribution in [3.63, 3.8) is 0 Å². The Morgan fingerprint density at radius 1 is 1.19 bits per heavy atom. The van der Waals surface area contributed by atoms with Crippen molar-refractivity contribution in [2.75, 3.05) is 0 Å². The monoisotopic (exact) mass is 247 g/mol. The third kappa shape index (κ3) is 3.06. The number of halogens is 3. The standard InChI is InChI=1S/C8H8ClF2N5/c9-6-4(11)1-3(10)2-5(6)15-8(14)16-7(12)13/h1-2H,(H6,12,13,14,15,16). The first-order valence-corrected chi connectivity index (χ1v) is 4.36. The molecule has 0 fully saturated rings. The van der Waals surface area contributed by atoms with Crippen LogP contribution in [0.1, 0.15) is 0 Å². The summed E-state index contributed by atoms with van der Waals surface area (Å²) in [7, 11) is 0. The van der Waals surface area contributed by atoms with Crippen molar-refractivity contribution < 1.29 is 8.78 Å². The lowest BCUT2D eigenvalue weighted by Crippen LogP contribution is -2.26. The lowest BCUT2D eigenvalue weighted by atomic mass is 10.3. The van der Waals surface area contributed by atoms with Crippen molar-refractivity contribution in [2.45, 2.75) is 0 Å². The molecule has 0 aromatic heterocycles. The van der Waals surface area contributed by atoms with E-state index in [1.807, 2.05) is 0 Å². The Kier molecular flexibility index (Phi) is 3.62. The van der Waals surface area contributed by atoms with Gasteiger partial charge in [-0.15, -0.1) is 0 Å². The van der Waals surface area contributed by atoms with Gasteiger partial charge in [0.1, 0.15) is 16.7 Å². The zero-order valence-electron chi connectivity index (χ0n) is 7.92. The molecule has 0 aliphatic carbocycles. The summed E-state index contributed by atoms with van der Waals surface area (Å²) in [6, 6.07) is 1.53. The SMILES string of the molecule is NC(N)=NC(N)=Nc1cc(F)cc(F)c1Cl. The molecule has 0 saturated carbocycles. The van der Waals surface area contributed by atoms with E-state index in [2.05, 4.69) is 9.98 Å². The fraction of sp³-hybridized carbons (Fsp3) is 0. The van der Waals surface area contributed by atoms with Gasteiger partial charge >= 0.3 is 0 Å². The number of hydrogen-bond donors (Lipinski definition) is 3. The molecule has 0 amide bonds. The average molecular weight is 248 g/mol. The van der Waals surface area contributed by atoms with Crippen molar-refractivity contribution in [2.24, 2.45) is 27.2 Å². The van der Waals surface area contributed by atoms with Gasteiger partial charge in [0.15, 0.2) is 5.96 Å². The number of nitrogens with zero attached hydrogens (tertiary/aromatic N) is 2. The van der Waals surface area contributed by atoms with Gasteiger partial charge in [0.05, 0.1) is 5.69 Å². The molecule has 0 spiro atoms. The maximum absolute atomic E-state index is 13.0. The summed E-state index contributed by atoms with van der Waals surface area (Å²) in [5.41, 5.74) is 15.1. The lowest BCUT2D eigenvalue weighted by molar-refractivity contribution is 0.584. The average Bonchev–Trinajstić information content (AvgIpc) is 2.11. The first-order valence-electron chi connectivity index (χ1n) is 3.98. The van der Waals surface area contributed by atoms with Crippen molar-refractivity contribution >= 4 is 29.2 Å². The molecule has 8 heteroatoms. The predicted molar refractivity (Wildman–Crippen MR) is 58.5 cm³/mol. The molecular formula is C8H8ClF2N5. The van der Waals surface area contributed by atoms with Gasteiger partial charge in [0.2, 0.25) is 5.96 Å². The Labute approximate surface area is 94.6 Å². The van der Waals surface area contributed by atoms with Crippen LogP contribution in [0.4, 0.5) is 14.5 Å². The highest BCUT2D eigenvalue weighted by molar-refractivity contribution is 6.33. The fourth-order valence-corrected chi connectivity index (χ4v) is 1.06. The van der Waals surface area contributed by atoms with E-state index in [0.29, 0.717) is 6.07 Å². The smallest absolute Gasteiger partial charge is 0.223 e. The minimum absolute atomic E-state index is 0.193. The zero-order chi connectivity index (χ0) is 12.3. The highest BCUT2D eigenvalue weighted by atomic mass is 35.5. The number of nitrogens with two attached hydrogens (primary N) is 3. The predicted octanol–water partition coefficient (Wildman–Crippen LogP) is 0.838. The van der Waals surface area contributed by atoms with Crippen LogP contribution in [0.5, 0.6) is 0 Å². The van der Waals surface area contributed by atoms with E-state index in [0.717, 1.165) is 6.07 Å². The van der Waals surface area contributed by atoms with Gasteiger partial charge in [-0.3, -0.25) is 0 Å². The first kappa shape index (κ1) is 12.2. The van der Waals surface area contributed by atoms with Gasteiger partial charge in [0.25, 0.3) is 0 Å². The van der Waals surface area contributed by atoms with E-state index in [1.165, 1.54) is 0 Å². The molecule has 0 heterocycles. The molecule has 86 valence electrons. The van der Waals surface area contributed by atoms with Crippen LogP contribution in [-0.2, 0) is 0 Å². The maximum atomic E-state index is 13.0. The van der Waals surface area contributed by atoms with Crippen LogP contribution >= 0.6 is 11.6 Å². The molecule has 0 unspecified atom stereocenters. The molecule has 0 atom stereocenters. The van der Waals surface area contributed by atoms with Crippen LogP contribution in [0, 0.1) is 11.6 Å². The van der Waals surface area contributed by atoms with Gasteiger partial charge in [-0.05, 0) is 0 Å². The maximum Gasteiger partial charge on any atom is 0.223 e. The van der Waals surface area contributed by atoms with E-state index in [-0.39, 0.29) is 22.6 Å². The summed E-state index contributed by atoms with van der Waals surface area (Å²) in [4.78, 5) is 6.92. The first-order chi connectivity index (χ1) is 7.40. The van der Waals surface area contributed by atoms with Gasteiger partial charge in [-0.1, -0.05) is 11.6 Å². The topological polar surface area (TPSA) is 103 Å². The van der Waals surface area contributed by atoms with Crippen LogP contribution in [0.25, 0.3) is 0 Å². The van der Waals surface area contributed by atoms with Gasteiger partial charge in [-0.2, -0.15) is 4.99 Å². The van der Waals surface area contributed by atoms with Gasteiger partial charge in [-0.25, -0.2) is 13.8 Å². The largest absolute Gasteiger partial charge is 0.370 e. The van der Waals surface area contributed by atoms with E-state index in [4.69, 9.17) is 28.8 Å². The Morgan fingerprint density at radius 2 is 1.81 bits per heavy atom. The fourth-order valence-electron chi connectivity index (χ4n) is 0.904. The number of benzene rings is 1. The molecular weight excluding hydrogens is 240 g/mol. The molecule has 1 aromatic carbocycles. The number of hydrogen-bond acceptors (Lipinski definition) is 1. The van der Waals surface area contributed by atoms with Crippen molar-refractivity contribution in [3.05, 3.63) is 28.8 Å². The van der Waals surface area contributed by atoms with Gasteiger partial charge in [0, 0.05) is 12.1 Å². The van der Waals surface area contributed by atoms with E-state index < -0.39 is 11.6 Å². The lowest BCUT2D eigenvalue weighted by Gasteiger charge is -2.00. The molecule has 6 N–H and O–H groups in total. The Bertz CT molecular complexity index is 468. The summed E-state index contributed by atoms with van der Waals surface area (Å²) < 4.78 is 25.8. The number of rotatable bonds is 1. The second kappa shape index (κ2) is 4.75.